The van der Waals surface area contributed by atoms with Gasteiger partial charge in [0.15, 0.2) is 0 Å². The van der Waals surface area contributed by atoms with E-state index in [2.05, 4.69) is 138 Å². The predicted octanol–water partition coefficient (Wildman–Crippen LogP) is 9.73. The van der Waals surface area contributed by atoms with Gasteiger partial charge in [-0.25, -0.2) is 4.98 Å². The summed E-state index contributed by atoms with van der Waals surface area (Å²) in [4.78, 5) is 9.81. The Morgan fingerprint density at radius 2 is 1.17 bits per heavy atom. The summed E-state index contributed by atoms with van der Waals surface area (Å²) in [6, 6.07) is 51.1. The van der Waals surface area contributed by atoms with Crippen LogP contribution in [0.4, 0.5) is 0 Å². The molecule has 0 bridgehead atoms. The van der Waals surface area contributed by atoms with Crippen LogP contribution in [-0.4, -0.2) is 14.5 Å². The number of hydrogen-bond acceptors (Lipinski definition) is 2. The molecule has 192 valence electrons. The molecular weight excluding hydrogens is 498 g/mol. The number of aromatic nitrogens is 3. The van der Waals surface area contributed by atoms with E-state index in [-0.39, 0.29) is 0 Å². The number of rotatable bonds is 4. The molecule has 0 saturated heterocycles. The fraction of sp³-hybridized carbons (Fsp3) is 0. The van der Waals surface area contributed by atoms with Gasteiger partial charge < -0.3 is 4.57 Å². The van der Waals surface area contributed by atoms with Crippen molar-refractivity contribution in [3.8, 4) is 39.3 Å². The van der Waals surface area contributed by atoms with E-state index in [0.29, 0.717) is 0 Å². The van der Waals surface area contributed by atoms with E-state index in [0.717, 1.165) is 50.2 Å². The minimum absolute atomic E-state index is 0.952. The molecule has 0 aliphatic heterocycles. The molecule has 0 amide bonds. The number of nitrogens with zero attached hydrogens (tertiary/aromatic N) is 3. The van der Waals surface area contributed by atoms with Gasteiger partial charge >= 0.3 is 0 Å². The second-order valence-electron chi connectivity index (χ2n) is 10.3. The third-order valence-corrected chi connectivity index (χ3v) is 7.84. The first-order valence-corrected chi connectivity index (χ1v) is 13.8. The van der Waals surface area contributed by atoms with Gasteiger partial charge in [-0.3, -0.25) is 4.98 Å². The van der Waals surface area contributed by atoms with E-state index >= 15 is 0 Å². The summed E-state index contributed by atoms with van der Waals surface area (Å²) >= 11 is 0. The number of benzene rings is 5. The van der Waals surface area contributed by atoms with E-state index in [1.165, 1.54) is 21.9 Å². The Hall–Kier alpha value is -5.54. The SMILES string of the molecule is c1ccc(-c2ccc(-c3cccc(-n4c5ccccc5c5ccc(-c6ccc7ccccc7n6)cc54)c3)nc2)cc1. The van der Waals surface area contributed by atoms with Crippen molar-refractivity contribution in [1.29, 1.82) is 0 Å². The molecule has 0 aliphatic carbocycles. The van der Waals surface area contributed by atoms with Gasteiger partial charge in [-0.2, -0.15) is 0 Å². The van der Waals surface area contributed by atoms with E-state index in [1.54, 1.807) is 0 Å². The second-order valence-corrected chi connectivity index (χ2v) is 10.3. The average Bonchev–Trinajstić information content (AvgIpc) is 3.39. The highest BCUT2D eigenvalue weighted by molar-refractivity contribution is 6.10. The molecular formula is C38H25N3. The molecule has 3 heteroatoms. The largest absolute Gasteiger partial charge is 0.309 e. The lowest BCUT2D eigenvalue weighted by molar-refractivity contribution is 1.18. The van der Waals surface area contributed by atoms with Crippen molar-refractivity contribution < 1.29 is 0 Å². The van der Waals surface area contributed by atoms with Crippen LogP contribution in [0.5, 0.6) is 0 Å². The fourth-order valence-corrected chi connectivity index (χ4v) is 5.81. The number of pyridine rings is 2. The summed E-state index contributed by atoms with van der Waals surface area (Å²) in [7, 11) is 0. The zero-order valence-electron chi connectivity index (χ0n) is 22.3. The lowest BCUT2D eigenvalue weighted by atomic mass is 10.1. The molecule has 0 unspecified atom stereocenters. The van der Waals surface area contributed by atoms with Crippen LogP contribution in [0.25, 0.3) is 72.0 Å². The molecule has 0 saturated carbocycles. The standard InChI is InChI=1S/C38H25N3/c1-2-9-26(10-3-1)30-19-21-34(39-25-30)28-12-8-13-31(23-28)41-37-16-7-5-14-32(37)33-20-17-29(24-38(33)41)36-22-18-27-11-4-6-15-35(27)40-36/h1-25H. The molecule has 3 aromatic heterocycles. The summed E-state index contributed by atoms with van der Waals surface area (Å²) in [5.74, 6) is 0. The van der Waals surface area contributed by atoms with Crippen molar-refractivity contribution in [1.82, 2.24) is 14.5 Å². The molecule has 0 aliphatic rings. The van der Waals surface area contributed by atoms with Gasteiger partial charge in [-0.15, -0.1) is 0 Å². The minimum Gasteiger partial charge on any atom is -0.309 e. The number of fused-ring (bicyclic) bond motifs is 4. The van der Waals surface area contributed by atoms with E-state index in [1.807, 2.05) is 18.3 Å². The lowest BCUT2D eigenvalue weighted by Crippen LogP contribution is -1.95. The van der Waals surface area contributed by atoms with E-state index < -0.39 is 0 Å². The number of para-hydroxylation sites is 2. The Bertz CT molecular complexity index is 2190. The van der Waals surface area contributed by atoms with Crippen molar-refractivity contribution in [3.05, 3.63) is 152 Å². The van der Waals surface area contributed by atoms with Crippen LogP contribution in [0.3, 0.4) is 0 Å². The summed E-state index contributed by atoms with van der Waals surface area (Å²) in [6.07, 6.45) is 1.96. The molecule has 3 heterocycles. The van der Waals surface area contributed by atoms with Crippen LogP contribution in [-0.2, 0) is 0 Å². The van der Waals surface area contributed by atoms with Crippen molar-refractivity contribution in [2.45, 2.75) is 0 Å². The molecule has 8 aromatic rings. The maximum atomic E-state index is 4.97. The Balaban J connectivity index is 1.26. The topological polar surface area (TPSA) is 30.7 Å². The molecule has 0 fully saturated rings. The Labute approximate surface area is 238 Å². The van der Waals surface area contributed by atoms with Crippen LogP contribution in [0.2, 0.25) is 0 Å². The van der Waals surface area contributed by atoms with Crippen LogP contribution in [0, 0.1) is 0 Å². The predicted molar refractivity (Wildman–Crippen MR) is 170 cm³/mol. The summed E-state index contributed by atoms with van der Waals surface area (Å²) in [5.41, 5.74) is 10.8. The smallest absolute Gasteiger partial charge is 0.0710 e. The third-order valence-electron chi connectivity index (χ3n) is 7.84. The van der Waals surface area contributed by atoms with Crippen LogP contribution in [0.15, 0.2) is 152 Å². The highest BCUT2D eigenvalue weighted by Gasteiger charge is 2.14. The van der Waals surface area contributed by atoms with E-state index in [9.17, 15) is 0 Å². The Kier molecular flexibility index (Phi) is 5.46. The molecule has 41 heavy (non-hydrogen) atoms. The summed E-state index contributed by atoms with van der Waals surface area (Å²) in [6.45, 7) is 0. The quantitative estimate of drug-likeness (QED) is 0.230. The maximum absolute atomic E-state index is 4.97. The van der Waals surface area contributed by atoms with Gasteiger partial charge in [0, 0.05) is 44.7 Å². The normalized spacial score (nSPS) is 11.4. The van der Waals surface area contributed by atoms with Gasteiger partial charge in [-0.1, -0.05) is 103 Å². The van der Waals surface area contributed by atoms with Gasteiger partial charge in [0.2, 0.25) is 0 Å². The van der Waals surface area contributed by atoms with Gasteiger partial charge in [-0.05, 0) is 48.0 Å². The Morgan fingerprint density at radius 3 is 2.07 bits per heavy atom. The van der Waals surface area contributed by atoms with Crippen LogP contribution in [0.1, 0.15) is 0 Å². The monoisotopic (exact) mass is 523 g/mol. The van der Waals surface area contributed by atoms with Crippen molar-refractivity contribution in [2.24, 2.45) is 0 Å². The summed E-state index contributed by atoms with van der Waals surface area (Å²) in [5, 5.41) is 3.60. The first-order valence-electron chi connectivity index (χ1n) is 13.8. The lowest BCUT2D eigenvalue weighted by Gasteiger charge is -2.11. The molecule has 5 aromatic carbocycles. The average molecular weight is 524 g/mol. The molecule has 0 atom stereocenters. The summed E-state index contributed by atoms with van der Waals surface area (Å²) < 4.78 is 2.36. The van der Waals surface area contributed by atoms with Crippen LogP contribution >= 0.6 is 0 Å². The molecule has 0 N–H and O–H groups in total. The first kappa shape index (κ1) is 23.4. The van der Waals surface area contributed by atoms with Crippen molar-refractivity contribution in [3.63, 3.8) is 0 Å². The van der Waals surface area contributed by atoms with Crippen LogP contribution < -0.4 is 0 Å². The zero-order chi connectivity index (χ0) is 27.2. The van der Waals surface area contributed by atoms with Gasteiger partial charge in [0.1, 0.15) is 0 Å². The molecule has 3 nitrogen and oxygen atoms in total. The maximum Gasteiger partial charge on any atom is 0.0710 e. The molecule has 8 rings (SSSR count). The van der Waals surface area contributed by atoms with E-state index in [4.69, 9.17) is 9.97 Å². The second kappa shape index (κ2) is 9.58. The van der Waals surface area contributed by atoms with Crippen molar-refractivity contribution >= 4 is 32.7 Å². The Morgan fingerprint density at radius 1 is 0.439 bits per heavy atom. The third kappa shape index (κ3) is 4.07. The van der Waals surface area contributed by atoms with Crippen molar-refractivity contribution in [2.75, 3.05) is 0 Å². The highest BCUT2D eigenvalue weighted by Crippen LogP contribution is 2.35. The fourth-order valence-electron chi connectivity index (χ4n) is 5.81. The zero-order valence-corrected chi connectivity index (χ0v) is 22.3. The number of hydrogen-bond donors (Lipinski definition) is 0. The van der Waals surface area contributed by atoms with Gasteiger partial charge in [0.05, 0.1) is 27.9 Å². The van der Waals surface area contributed by atoms with Gasteiger partial charge in [0.25, 0.3) is 0 Å². The minimum atomic E-state index is 0.952. The molecule has 0 spiro atoms. The molecule has 0 radical (unpaired) electrons. The highest BCUT2D eigenvalue weighted by atomic mass is 15.0. The first-order chi connectivity index (χ1) is 20.3.